The fourth-order valence-corrected chi connectivity index (χ4v) is 7.87. The summed E-state index contributed by atoms with van der Waals surface area (Å²) in [5.41, 5.74) is 32.8. The number of azo groups is 1. The highest BCUT2D eigenvalue weighted by atomic mass is 79.9. The van der Waals surface area contributed by atoms with Gasteiger partial charge in [0.1, 0.15) is 11.4 Å². The number of anilines is 2. The van der Waals surface area contributed by atoms with Crippen LogP contribution in [0.3, 0.4) is 0 Å². The average molecular weight is 780 g/mol. The third-order valence-electron chi connectivity index (χ3n) is 9.76. The number of aromatic nitrogens is 1. The SMILES string of the molecule is CCCCCC1(CCCCC)c2cc(-c3ccc(Br)c(N)c3N=N)ccc2-c2ccc(-c3ccc(Br)c(N)c3N=Nc3ccncc3)cc21. The van der Waals surface area contributed by atoms with Gasteiger partial charge in [-0.3, -0.25) is 4.98 Å². The van der Waals surface area contributed by atoms with E-state index >= 15 is 0 Å². The van der Waals surface area contributed by atoms with Gasteiger partial charge in [0, 0.05) is 37.9 Å². The minimum absolute atomic E-state index is 0.181. The second-order valence-electron chi connectivity index (χ2n) is 12.7. The van der Waals surface area contributed by atoms with Crippen LogP contribution in [0.15, 0.2) is 109 Å². The Balaban J connectivity index is 1.54. The molecule has 1 aliphatic carbocycles. The number of benzene rings is 4. The van der Waals surface area contributed by atoms with Crippen molar-refractivity contribution < 1.29 is 0 Å². The molecule has 1 aliphatic rings. The first-order chi connectivity index (χ1) is 23.8. The molecule has 9 heteroatoms. The van der Waals surface area contributed by atoms with E-state index in [1.807, 2.05) is 30.3 Å². The molecule has 4 aromatic carbocycles. The van der Waals surface area contributed by atoms with E-state index in [2.05, 4.69) is 108 Å². The molecule has 0 atom stereocenters. The number of unbranched alkanes of at least 4 members (excludes halogenated alkanes) is 4. The molecular formula is C40H41Br2N7. The number of nitrogen functional groups attached to an aromatic ring is 2. The summed E-state index contributed by atoms with van der Waals surface area (Å²) in [6, 6.07) is 25.2. The Morgan fingerprint density at radius 3 is 1.63 bits per heavy atom. The summed E-state index contributed by atoms with van der Waals surface area (Å²) in [6.45, 7) is 4.53. The monoisotopic (exact) mass is 777 g/mol. The molecule has 0 amide bonds. The maximum absolute atomic E-state index is 7.96. The molecule has 0 saturated carbocycles. The van der Waals surface area contributed by atoms with Crippen LogP contribution in [0.25, 0.3) is 33.4 Å². The highest BCUT2D eigenvalue weighted by Gasteiger charge is 2.42. The molecule has 6 rings (SSSR count). The van der Waals surface area contributed by atoms with Crippen LogP contribution >= 0.6 is 31.9 Å². The molecule has 0 aliphatic heterocycles. The van der Waals surface area contributed by atoms with Gasteiger partial charge >= 0.3 is 0 Å². The quantitative estimate of drug-likeness (QED) is 0.0625. The molecule has 7 nitrogen and oxygen atoms in total. The first kappa shape index (κ1) is 34.6. The molecule has 250 valence electrons. The second kappa shape index (κ2) is 15.1. The summed E-state index contributed by atoms with van der Waals surface area (Å²) in [5, 5.41) is 13.1. The van der Waals surface area contributed by atoms with Crippen molar-refractivity contribution in [3.8, 4) is 33.4 Å². The summed E-state index contributed by atoms with van der Waals surface area (Å²) < 4.78 is 1.52. The van der Waals surface area contributed by atoms with Gasteiger partial charge in [0.15, 0.2) is 0 Å². The van der Waals surface area contributed by atoms with E-state index in [9.17, 15) is 0 Å². The molecule has 0 saturated heterocycles. The third kappa shape index (κ3) is 6.71. The number of nitrogens with zero attached hydrogens (tertiary/aromatic N) is 4. The van der Waals surface area contributed by atoms with E-state index < -0.39 is 0 Å². The van der Waals surface area contributed by atoms with Crippen molar-refractivity contribution in [1.29, 1.82) is 5.53 Å². The van der Waals surface area contributed by atoms with Crippen LogP contribution in [0.2, 0.25) is 0 Å². The van der Waals surface area contributed by atoms with Crippen molar-refractivity contribution in [2.24, 2.45) is 15.3 Å². The molecule has 49 heavy (non-hydrogen) atoms. The van der Waals surface area contributed by atoms with Crippen LogP contribution in [0.4, 0.5) is 28.4 Å². The maximum Gasteiger partial charge on any atom is 0.118 e. The first-order valence-corrected chi connectivity index (χ1v) is 18.6. The predicted molar refractivity (Wildman–Crippen MR) is 209 cm³/mol. The minimum atomic E-state index is -0.181. The van der Waals surface area contributed by atoms with E-state index in [0.717, 1.165) is 69.7 Å². The lowest BCUT2D eigenvalue weighted by Gasteiger charge is -2.33. The number of hydrogen-bond donors (Lipinski definition) is 3. The first-order valence-electron chi connectivity index (χ1n) is 17.0. The van der Waals surface area contributed by atoms with Crippen LogP contribution < -0.4 is 11.5 Å². The number of fused-ring (bicyclic) bond motifs is 3. The van der Waals surface area contributed by atoms with Crippen LogP contribution in [0, 0.1) is 5.53 Å². The molecule has 1 heterocycles. The van der Waals surface area contributed by atoms with E-state index in [4.69, 9.17) is 17.0 Å². The van der Waals surface area contributed by atoms with E-state index in [-0.39, 0.29) is 5.41 Å². The minimum Gasteiger partial charge on any atom is -0.396 e. The van der Waals surface area contributed by atoms with Crippen molar-refractivity contribution in [3.63, 3.8) is 0 Å². The Hall–Kier alpha value is -4.21. The second-order valence-corrected chi connectivity index (χ2v) is 14.5. The zero-order valence-electron chi connectivity index (χ0n) is 27.9. The van der Waals surface area contributed by atoms with Gasteiger partial charge in [-0.15, -0.1) is 5.11 Å². The molecular weight excluding hydrogens is 738 g/mol. The fraction of sp³-hybridized carbons (Fsp3) is 0.275. The summed E-state index contributed by atoms with van der Waals surface area (Å²) >= 11 is 7.13. The van der Waals surface area contributed by atoms with Gasteiger partial charge in [-0.25, -0.2) is 5.53 Å². The summed E-state index contributed by atoms with van der Waals surface area (Å²) in [4.78, 5) is 4.10. The lowest BCUT2D eigenvalue weighted by molar-refractivity contribution is 0.405. The van der Waals surface area contributed by atoms with Gasteiger partial charge in [-0.05, 0) is 114 Å². The van der Waals surface area contributed by atoms with E-state index in [0.29, 0.717) is 28.4 Å². The Kier molecular flexibility index (Phi) is 10.7. The summed E-state index contributed by atoms with van der Waals surface area (Å²) in [7, 11) is 0. The van der Waals surface area contributed by atoms with Gasteiger partial charge in [-0.1, -0.05) is 88.8 Å². The molecule has 0 radical (unpaired) electrons. The lowest BCUT2D eigenvalue weighted by Crippen LogP contribution is -2.25. The van der Waals surface area contributed by atoms with Crippen LogP contribution in [-0.2, 0) is 5.41 Å². The lowest BCUT2D eigenvalue weighted by atomic mass is 9.70. The summed E-state index contributed by atoms with van der Waals surface area (Å²) in [5.74, 6) is 0. The van der Waals surface area contributed by atoms with Crippen LogP contribution in [0.5, 0.6) is 0 Å². The Morgan fingerprint density at radius 2 is 1.12 bits per heavy atom. The van der Waals surface area contributed by atoms with Crippen LogP contribution in [-0.4, -0.2) is 4.98 Å². The topological polar surface area (TPSA) is 126 Å². The number of pyridine rings is 1. The molecule has 0 unspecified atom stereocenters. The largest absolute Gasteiger partial charge is 0.396 e. The number of nitrogens with one attached hydrogen (secondary N) is 1. The van der Waals surface area contributed by atoms with Gasteiger partial charge in [0.25, 0.3) is 0 Å². The predicted octanol–water partition coefficient (Wildman–Crippen LogP) is 13.6. The Morgan fingerprint density at radius 1 is 0.633 bits per heavy atom. The Labute approximate surface area is 305 Å². The van der Waals surface area contributed by atoms with Crippen molar-refractivity contribution >= 4 is 60.3 Å². The maximum atomic E-state index is 7.96. The Bertz CT molecular complexity index is 2010. The number of halogens is 2. The van der Waals surface area contributed by atoms with Crippen molar-refractivity contribution in [2.75, 3.05) is 11.5 Å². The molecule has 0 fully saturated rings. The molecule has 0 bridgehead atoms. The third-order valence-corrected chi connectivity index (χ3v) is 11.1. The van der Waals surface area contributed by atoms with Crippen molar-refractivity contribution in [3.05, 3.63) is 105 Å². The zero-order chi connectivity index (χ0) is 34.5. The summed E-state index contributed by atoms with van der Waals surface area (Å²) in [6.07, 6.45) is 12.4. The highest BCUT2D eigenvalue weighted by molar-refractivity contribution is 9.11. The standard InChI is InChI=1S/C40H41Br2N7/c1-3-5-7-19-40(20-8-6-4-2)32-23-25(28-13-15-34(41)36(43)38(28)47-45)9-11-30(32)31-12-10-26(24-33(31)40)29-14-16-35(42)37(44)39(29)49-48-27-17-21-46-22-18-27/h9-18,21-24,45H,3-8,19-20,43-44H2,1-2H3. The van der Waals surface area contributed by atoms with Crippen LogP contribution in [0.1, 0.15) is 76.3 Å². The normalized spacial score (nSPS) is 13.1. The van der Waals surface area contributed by atoms with Crippen molar-refractivity contribution in [1.82, 2.24) is 4.98 Å². The molecule has 5 aromatic rings. The fourth-order valence-electron chi connectivity index (χ4n) is 7.23. The van der Waals surface area contributed by atoms with Crippen molar-refractivity contribution in [2.45, 2.75) is 70.6 Å². The highest BCUT2D eigenvalue weighted by Crippen LogP contribution is 2.56. The van der Waals surface area contributed by atoms with Gasteiger partial charge < -0.3 is 11.5 Å². The van der Waals surface area contributed by atoms with Gasteiger partial charge in [-0.2, -0.15) is 10.2 Å². The number of hydrogen-bond acceptors (Lipinski definition) is 7. The smallest absolute Gasteiger partial charge is 0.118 e. The van der Waals surface area contributed by atoms with Gasteiger partial charge in [0.05, 0.1) is 17.1 Å². The number of rotatable bonds is 13. The molecule has 0 spiro atoms. The molecule has 1 aromatic heterocycles. The number of nitrogens with two attached hydrogens (primary N) is 2. The zero-order valence-corrected chi connectivity index (χ0v) is 31.1. The molecule has 5 N–H and O–H groups in total. The van der Waals surface area contributed by atoms with E-state index in [1.165, 1.54) is 35.1 Å². The van der Waals surface area contributed by atoms with Gasteiger partial charge in [0.2, 0.25) is 0 Å². The van der Waals surface area contributed by atoms with E-state index in [1.54, 1.807) is 12.4 Å². The average Bonchev–Trinajstić information content (AvgIpc) is 3.38.